The van der Waals surface area contributed by atoms with Crippen LogP contribution in [0, 0.1) is 6.92 Å². The highest BCUT2D eigenvalue weighted by Crippen LogP contribution is 2.30. The Morgan fingerprint density at radius 1 is 1.20 bits per heavy atom. The minimum atomic E-state index is -4.19. The molecule has 30 heavy (non-hydrogen) atoms. The average Bonchev–Trinajstić information content (AvgIpc) is 3.12. The summed E-state index contributed by atoms with van der Waals surface area (Å²) >= 11 is 0. The van der Waals surface area contributed by atoms with E-state index in [1.165, 1.54) is 25.3 Å². The summed E-state index contributed by atoms with van der Waals surface area (Å²) in [6, 6.07) is 9.93. The molecule has 1 N–H and O–H groups in total. The van der Waals surface area contributed by atoms with Crippen LogP contribution in [-0.4, -0.2) is 44.3 Å². The van der Waals surface area contributed by atoms with E-state index in [1.807, 2.05) is 6.92 Å². The van der Waals surface area contributed by atoms with Crippen molar-refractivity contribution in [3.8, 4) is 11.5 Å². The van der Waals surface area contributed by atoms with E-state index in [-0.39, 0.29) is 17.7 Å². The van der Waals surface area contributed by atoms with E-state index in [0.717, 1.165) is 0 Å². The van der Waals surface area contributed by atoms with Gasteiger partial charge in [-0.15, -0.1) is 0 Å². The van der Waals surface area contributed by atoms with Crippen molar-refractivity contribution in [1.29, 1.82) is 0 Å². The van der Waals surface area contributed by atoms with Gasteiger partial charge in [-0.25, -0.2) is 12.7 Å². The lowest BCUT2D eigenvalue weighted by Gasteiger charge is -2.24. The number of rotatable bonds is 7. The quantitative estimate of drug-likeness (QED) is 0.722. The van der Waals surface area contributed by atoms with Gasteiger partial charge >= 0.3 is 0 Å². The molecule has 8 nitrogen and oxygen atoms in total. The fourth-order valence-electron chi connectivity index (χ4n) is 3.35. The Kier molecular flexibility index (Phi) is 6.31. The third-order valence-electron chi connectivity index (χ3n) is 4.82. The van der Waals surface area contributed by atoms with Crippen LogP contribution in [0.3, 0.4) is 0 Å². The van der Waals surface area contributed by atoms with Crippen LogP contribution in [0.4, 0.5) is 5.69 Å². The standard InChI is InChI=1S/C21H24N2O6S/c1-4-29-16-7-5-15(6-8-16)22-21(25)18-10-12-20(24)23(18)30(26,27)17-9-11-19(28-3)14(2)13-17/h5-9,11,13,18H,4,10,12H2,1-3H3,(H,22,25)/t18-/m0/s1. The molecule has 2 aromatic carbocycles. The fourth-order valence-corrected chi connectivity index (χ4v) is 5.04. The molecule has 0 aromatic heterocycles. The summed E-state index contributed by atoms with van der Waals surface area (Å²) in [7, 11) is -2.70. The van der Waals surface area contributed by atoms with Crippen LogP contribution < -0.4 is 14.8 Å². The maximum absolute atomic E-state index is 13.1. The third-order valence-corrected chi connectivity index (χ3v) is 6.64. The first-order valence-electron chi connectivity index (χ1n) is 9.53. The third kappa shape index (κ3) is 4.25. The number of aryl methyl sites for hydroxylation is 1. The molecular formula is C21H24N2O6S. The number of hydrogen-bond acceptors (Lipinski definition) is 6. The number of hydrogen-bond donors (Lipinski definition) is 1. The number of carbonyl (C=O) groups excluding carboxylic acids is 2. The number of amides is 2. The van der Waals surface area contributed by atoms with Crippen LogP contribution in [0.2, 0.25) is 0 Å². The number of ether oxygens (including phenoxy) is 2. The molecule has 2 aromatic rings. The Balaban J connectivity index is 1.83. The summed E-state index contributed by atoms with van der Waals surface area (Å²) in [5.41, 5.74) is 1.10. The van der Waals surface area contributed by atoms with Crippen LogP contribution >= 0.6 is 0 Å². The molecule has 3 rings (SSSR count). The van der Waals surface area contributed by atoms with Crippen molar-refractivity contribution < 1.29 is 27.5 Å². The summed E-state index contributed by atoms with van der Waals surface area (Å²) in [6.07, 6.45) is 0.103. The lowest BCUT2D eigenvalue weighted by molar-refractivity contribution is -0.128. The first-order chi connectivity index (χ1) is 14.3. The van der Waals surface area contributed by atoms with Crippen molar-refractivity contribution in [2.45, 2.75) is 37.6 Å². The molecule has 1 saturated heterocycles. The van der Waals surface area contributed by atoms with E-state index in [4.69, 9.17) is 9.47 Å². The summed E-state index contributed by atoms with van der Waals surface area (Å²) < 4.78 is 37.5. The maximum atomic E-state index is 13.1. The summed E-state index contributed by atoms with van der Waals surface area (Å²) in [5.74, 6) is 0.0336. The monoisotopic (exact) mass is 432 g/mol. The molecule has 0 saturated carbocycles. The lowest BCUT2D eigenvalue weighted by Crippen LogP contribution is -2.45. The van der Waals surface area contributed by atoms with Gasteiger partial charge in [-0.1, -0.05) is 0 Å². The zero-order chi connectivity index (χ0) is 21.9. The number of methoxy groups -OCH3 is 1. The van der Waals surface area contributed by atoms with E-state index < -0.39 is 27.9 Å². The van der Waals surface area contributed by atoms with Crippen molar-refractivity contribution >= 4 is 27.5 Å². The van der Waals surface area contributed by atoms with Crippen molar-refractivity contribution in [1.82, 2.24) is 4.31 Å². The first-order valence-corrected chi connectivity index (χ1v) is 11.0. The molecule has 9 heteroatoms. The SMILES string of the molecule is CCOc1ccc(NC(=O)[C@@H]2CCC(=O)N2S(=O)(=O)c2ccc(OC)c(C)c2)cc1. The van der Waals surface area contributed by atoms with Gasteiger partial charge in [0.2, 0.25) is 11.8 Å². The second-order valence-corrected chi connectivity index (χ2v) is 8.64. The molecule has 0 unspecified atom stereocenters. The molecule has 160 valence electrons. The predicted octanol–water partition coefficient (Wildman–Crippen LogP) is 2.72. The Morgan fingerprint density at radius 3 is 2.50 bits per heavy atom. The van der Waals surface area contributed by atoms with Crippen molar-refractivity contribution in [3.63, 3.8) is 0 Å². The molecule has 1 fully saturated rings. The van der Waals surface area contributed by atoms with Gasteiger partial charge in [0, 0.05) is 12.1 Å². The number of sulfonamides is 1. The topological polar surface area (TPSA) is 102 Å². The average molecular weight is 432 g/mol. The fraction of sp³-hybridized carbons (Fsp3) is 0.333. The van der Waals surface area contributed by atoms with Gasteiger partial charge in [0.05, 0.1) is 18.6 Å². The van der Waals surface area contributed by atoms with Crippen LogP contribution in [0.5, 0.6) is 11.5 Å². The minimum Gasteiger partial charge on any atom is -0.496 e. The molecule has 1 atom stereocenters. The number of benzene rings is 2. The number of anilines is 1. The largest absolute Gasteiger partial charge is 0.496 e. The molecule has 1 heterocycles. The number of nitrogens with zero attached hydrogens (tertiary/aromatic N) is 1. The second-order valence-electron chi connectivity index (χ2n) is 6.83. The van der Waals surface area contributed by atoms with E-state index in [9.17, 15) is 18.0 Å². The highest BCUT2D eigenvalue weighted by Gasteiger charge is 2.44. The van der Waals surface area contributed by atoms with E-state index >= 15 is 0 Å². The normalized spacial score (nSPS) is 16.4. The zero-order valence-corrected chi connectivity index (χ0v) is 17.9. The molecular weight excluding hydrogens is 408 g/mol. The highest BCUT2D eigenvalue weighted by molar-refractivity contribution is 7.89. The van der Waals surface area contributed by atoms with E-state index in [2.05, 4.69) is 5.32 Å². The van der Waals surface area contributed by atoms with Gasteiger partial charge in [0.15, 0.2) is 0 Å². The van der Waals surface area contributed by atoms with Crippen molar-refractivity contribution in [2.75, 3.05) is 19.0 Å². The minimum absolute atomic E-state index is 0.0181. The molecule has 2 amide bonds. The highest BCUT2D eigenvalue weighted by atomic mass is 32.2. The van der Waals surface area contributed by atoms with Gasteiger partial charge in [0.1, 0.15) is 17.5 Å². The number of carbonyl (C=O) groups is 2. The Labute approximate surface area is 175 Å². The van der Waals surface area contributed by atoms with Gasteiger partial charge in [-0.05, 0) is 68.3 Å². The van der Waals surface area contributed by atoms with Gasteiger partial charge in [-0.2, -0.15) is 0 Å². The summed E-state index contributed by atoms with van der Waals surface area (Å²) in [4.78, 5) is 25.2. The van der Waals surface area contributed by atoms with Crippen LogP contribution in [0.25, 0.3) is 0 Å². The Morgan fingerprint density at radius 2 is 1.90 bits per heavy atom. The smallest absolute Gasteiger partial charge is 0.267 e. The summed E-state index contributed by atoms with van der Waals surface area (Å²) in [5, 5.41) is 2.68. The molecule has 0 radical (unpaired) electrons. The Hall–Kier alpha value is -3.07. The second kappa shape index (κ2) is 8.74. The van der Waals surface area contributed by atoms with Crippen molar-refractivity contribution in [3.05, 3.63) is 48.0 Å². The van der Waals surface area contributed by atoms with Gasteiger partial charge in [-0.3, -0.25) is 9.59 Å². The van der Waals surface area contributed by atoms with Gasteiger partial charge in [0.25, 0.3) is 10.0 Å². The summed E-state index contributed by atoms with van der Waals surface area (Å²) in [6.45, 7) is 4.10. The number of nitrogens with one attached hydrogen (secondary N) is 1. The van der Waals surface area contributed by atoms with Crippen molar-refractivity contribution in [2.24, 2.45) is 0 Å². The molecule has 0 bridgehead atoms. The lowest BCUT2D eigenvalue weighted by atomic mass is 10.2. The predicted molar refractivity (Wildman–Crippen MR) is 111 cm³/mol. The van der Waals surface area contributed by atoms with Gasteiger partial charge < -0.3 is 14.8 Å². The van der Waals surface area contributed by atoms with E-state index in [0.29, 0.717) is 33.7 Å². The van der Waals surface area contributed by atoms with Crippen LogP contribution in [0.1, 0.15) is 25.3 Å². The molecule has 0 spiro atoms. The van der Waals surface area contributed by atoms with E-state index in [1.54, 1.807) is 31.2 Å². The molecule has 1 aliphatic rings. The Bertz CT molecular complexity index is 1050. The van der Waals surface area contributed by atoms with Crippen LogP contribution in [0.15, 0.2) is 47.4 Å². The zero-order valence-electron chi connectivity index (χ0n) is 17.0. The molecule has 1 aliphatic heterocycles. The maximum Gasteiger partial charge on any atom is 0.267 e. The first kappa shape index (κ1) is 21.6. The van der Waals surface area contributed by atoms with Crippen LogP contribution in [-0.2, 0) is 19.6 Å². The molecule has 0 aliphatic carbocycles.